The van der Waals surface area contributed by atoms with Crippen LogP contribution in [-0.4, -0.2) is 40.7 Å². The van der Waals surface area contributed by atoms with Crippen molar-refractivity contribution in [2.45, 2.75) is 65.3 Å². The number of nitrogens with one attached hydrogen (secondary N) is 1. The lowest BCUT2D eigenvalue weighted by Gasteiger charge is -2.30. The molecular formula is C20H28N2O5. The highest BCUT2D eigenvalue weighted by molar-refractivity contribution is 5.96. The average Bonchev–Trinajstić information content (AvgIpc) is 2.79. The van der Waals surface area contributed by atoms with E-state index in [9.17, 15) is 14.4 Å². The third-order valence-corrected chi connectivity index (χ3v) is 4.00. The van der Waals surface area contributed by atoms with Crippen molar-refractivity contribution in [3.63, 3.8) is 0 Å². The lowest BCUT2D eigenvalue weighted by molar-refractivity contribution is -0.136. The number of benzene rings is 1. The monoisotopic (exact) mass is 376 g/mol. The molecule has 7 heteroatoms. The van der Waals surface area contributed by atoms with Crippen molar-refractivity contribution in [2.75, 3.05) is 0 Å². The van der Waals surface area contributed by atoms with E-state index in [-0.39, 0.29) is 12.5 Å². The van der Waals surface area contributed by atoms with Gasteiger partial charge in [0.15, 0.2) is 6.04 Å². The van der Waals surface area contributed by atoms with Crippen molar-refractivity contribution in [1.82, 2.24) is 10.2 Å². The van der Waals surface area contributed by atoms with Crippen LogP contribution in [0.15, 0.2) is 30.3 Å². The minimum Gasteiger partial charge on any atom is -0.444 e. The molecule has 0 bridgehead atoms. The summed E-state index contributed by atoms with van der Waals surface area (Å²) >= 11 is 0. The SMILES string of the molecule is CC(C)C[C@H](NC(=O)OC(C)(C)C)[C@@H]1C(=O)OC(=O)N1Cc1ccccc1. The highest BCUT2D eigenvalue weighted by atomic mass is 16.6. The number of carbonyl (C=O) groups excluding carboxylic acids is 3. The summed E-state index contributed by atoms with van der Waals surface area (Å²) in [7, 11) is 0. The standard InChI is InChI=1S/C20H28N2O5/c1-13(2)11-15(21-18(24)27-20(3,4)5)16-17(23)26-19(25)22(16)12-14-9-7-6-8-10-14/h6-10,13,15-16H,11-12H2,1-5H3,(H,21,24)/t15-,16+/m0/s1. The van der Waals surface area contributed by atoms with Crippen molar-refractivity contribution >= 4 is 18.2 Å². The van der Waals surface area contributed by atoms with Gasteiger partial charge in [0, 0.05) is 0 Å². The lowest BCUT2D eigenvalue weighted by atomic mass is 9.96. The van der Waals surface area contributed by atoms with E-state index in [1.165, 1.54) is 4.90 Å². The normalized spacial score (nSPS) is 18.4. The molecule has 1 aliphatic rings. The summed E-state index contributed by atoms with van der Waals surface area (Å²) < 4.78 is 10.2. The number of rotatable bonds is 6. The fourth-order valence-corrected chi connectivity index (χ4v) is 3.00. The van der Waals surface area contributed by atoms with Gasteiger partial charge in [0.05, 0.1) is 12.6 Å². The summed E-state index contributed by atoms with van der Waals surface area (Å²) in [5.41, 5.74) is 0.206. The Hall–Kier alpha value is -2.57. The molecule has 2 amide bonds. The molecule has 1 heterocycles. The average molecular weight is 376 g/mol. The Balaban J connectivity index is 2.23. The molecule has 0 unspecified atom stereocenters. The van der Waals surface area contributed by atoms with Crippen LogP contribution in [0.25, 0.3) is 0 Å². The van der Waals surface area contributed by atoms with Crippen LogP contribution < -0.4 is 5.32 Å². The molecule has 1 N–H and O–H groups in total. The molecule has 0 saturated carbocycles. The van der Waals surface area contributed by atoms with Gasteiger partial charge in [-0.2, -0.15) is 0 Å². The number of cyclic esters (lactones) is 2. The molecule has 27 heavy (non-hydrogen) atoms. The van der Waals surface area contributed by atoms with Crippen LogP contribution in [0.1, 0.15) is 46.6 Å². The molecule has 0 aliphatic carbocycles. The second-order valence-electron chi connectivity index (χ2n) is 8.13. The van der Waals surface area contributed by atoms with Crippen LogP contribution in [0.2, 0.25) is 0 Å². The summed E-state index contributed by atoms with van der Waals surface area (Å²) in [6.45, 7) is 9.47. The highest BCUT2D eigenvalue weighted by Gasteiger charge is 2.46. The number of amides is 2. The smallest absolute Gasteiger partial charge is 0.418 e. The summed E-state index contributed by atoms with van der Waals surface area (Å²) in [6.07, 6.45) is -0.828. The Morgan fingerprint density at radius 3 is 2.41 bits per heavy atom. The first-order valence-corrected chi connectivity index (χ1v) is 9.12. The van der Waals surface area contributed by atoms with Crippen molar-refractivity contribution < 1.29 is 23.9 Å². The Labute approximate surface area is 160 Å². The third kappa shape index (κ3) is 5.98. The maximum Gasteiger partial charge on any atom is 0.418 e. The van der Waals surface area contributed by atoms with E-state index in [1.54, 1.807) is 20.8 Å². The molecule has 7 nitrogen and oxygen atoms in total. The molecule has 1 aromatic carbocycles. The van der Waals surface area contributed by atoms with Crippen LogP contribution in [0, 0.1) is 5.92 Å². The van der Waals surface area contributed by atoms with Gasteiger partial charge < -0.3 is 14.8 Å². The zero-order valence-electron chi connectivity index (χ0n) is 16.5. The second-order valence-corrected chi connectivity index (χ2v) is 8.13. The van der Waals surface area contributed by atoms with E-state index in [0.717, 1.165) is 5.56 Å². The number of esters is 1. The Kier molecular flexibility index (Phi) is 6.46. The van der Waals surface area contributed by atoms with Gasteiger partial charge in [-0.25, -0.2) is 14.4 Å². The fraction of sp³-hybridized carbons (Fsp3) is 0.550. The van der Waals surface area contributed by atoms with E-state index in [2.05, 4.69) is 5.32 Å². The van der Waals surface area contributed by atoms with Crippen molar-refractivity contribution in [3.05, 3.63) is 35.9 Å². The van der Waals surface area contributed by atoms with E-state index in [4.69, 9.17) is 9.47 Å². The molecule has 1 saturated heterocycles. The van der Waals surface area contributed by atoms with Crippen molar-refractivity contribution in [1.29, 1.82) is 0 Å². The molecular weight excluding hydrogens is 348 g/mol. The van der Waals surface area contributed by atoms with E-state index in [1.807, 2.05) is 44.2 Å². The predicted molar refractivity (Wildman–Crippen MR) is 99.9 cm³/mol. The predicted octanol–water partition coefficient (Wildman–Crippen LogP) is 3.47. The molecule has 1 aromatic rings. The quantitative estimate of drug-likeness (QED) is 0.607. The maximum atomic E-state index is 12.4. The van der Waals surface area contributed by atoms with Gasteiger partial charge in [-0.1, -0.05) is 44.2 Å². The van der Waals surface area contributed by atoms with Gasteiger partial charge in [0.1, 0.15) is 5.60 Å². The summed E-state index contributed by atoms with van der Waals surface area (Å²) in [5.74, 6) is -0.468. The first-order chi connectivity index (χ1) is 12.6. The third-order valence-electron chi connectivity index (χ3n) is 4.00. The molecule has 2 atom stereocenters. The molecule has 0 aromatic heterocycles. The molecule has 0 spiro atoms. The van der Waals surface area contributed by atoms with Crippen LogP contribution in [0.5, 0.6) is 0 Å². The number of hydrogen-bond acceptors (Lipinski definition) is 5. The van der Waals surface area contributed by atoms with E-state index in [0.29, 0.717) is 6.42 Å². The van der Waals surface area contributed by atoms with Crippen LogP contribution in [0.4, 0.5) is 9.59 Å². The molecule has 0 radical (unpaired) electrons. The number of nitrogens with zero attached hydrogens (tertiary/aromatic N) is 1. The fourth-order valence-electron chi connectivity index (χ4n) is 3.00. The Bertz CT molecular complexity index is 681. The molecule has 148 valence electrons. The second kappa shape index (κ2) is 8.41. The number of alkyl carbamates (subject to hydrolysis) is 1. The summed E-state index contributed by atoms with van der Waals surface area (Å²) in [4.78, 5) is 38.3. The number of carbonyl (C=O) groups is 3. The molecule has 2 rings (SSSR count). The van der Waals surface area contributed by atoms with Gasteiger partial charge in [-0.15, -0.1) is 0 Å². The first kappa shape index (κ1) is 20.7. The van der Waals surface area contributed by atoms with Crippen LogP contribution in [-0.2, 0) is 20.8 Å². The van der Waals surface area contributed by atoms with Crippen LogP contribution in [0.3, 0.4) is 0 Å². The number of ether oxygens (including phenoxy) is 2. The number of hydrogen-bond donors (Lipinski definition) is 1. The van der Waals surface area contributed by atoms with Gasteiger partial charge in [-0.3, -0.25) is 4.90 Å². The summed E-state index contributed by atoms with van der Waals surface area (Å²) in [5, 5.41) is 2.76. The van der Waals surface area contributed by atoms with Crippen LogP contribution >= 0.6 is 0 Å². The topological polar surface area (TPSA) is 84.9 Å². The van der Waals surface area contributed by atoms with Crippen molar-refractivity contribution in [3.8, 4) is 0 Å². The largest absolute Gasteiger partial charge is 0.444 e. The van der Waals surface area contributed by atoms with E-state index >= 15 is 0 Å². The lowest BCUT2D eigenvalue weighted by Crippen LogP contribution is -2.53. The van der Waals surface area contributed by atoms with E-state index < -0.39 is 35.8 Å². The van der Waals surface area contributed by atoms with Gasteiger partial charge in [0.25, 0.3) is 0 Å². The Morgan fingerprint density at radius 2 is 1.85 bits per heavy atom. The zero-order valence-corrected chi connectivity index (χ0v) is 16.5. The Morgan fingerprint density at radius 1 is 1.22 bits per heavy atom. The van der Waals surface area contributed by atoms with Gasteiger partial charge in [0.2, 0.25) is 0 Å². The molecule has 1 fully saturated rings. The first-order valence-electron chi connectivity index (χ1n) is 9.12. The van der Waals surface area contributed by atoms with Gasteiger partial charge >= 0.3 is 18.2 Å². The maximum absolute atomic E-state index is 12.4. The zero-order chi connectivity index (χ0) is 20.2. The van der Waals surface area contributed by atoms with Gasteiger partial charge in [-0.05, 0) is 38.7 Å². The highest BCUT2D eigenvalue weighted by Crippen LogP contribution is 2.24. The summed E-state index contributed by atoms with van der Waals surface area (Å²) in [6, 6.07) is 7.82. The van der Waals surface area contributed by atoms with Crippen molar-refractivity contribution in [2.24, 2.45) is 5.92 Å². The molecule has 1 aliphatic heterocycles. The minimum atomic E-state index is -0.896. The minimum absolute atomic E-state index is 0.187.